The number of hydrogen-bond donors (Lipinski definition) is 1. The number of halogens is 1. The van der Waals surface area contributed by atoms with Gasteiger partial charge in [0.25, 0.3) is 0 Å². The highest BCUT2D eigenvalue weighted by atomic mass is 35.5. The molecule has 1 amide bonds. The quantitative estimate of drug-likeness (QED) is 0.815. The van der Waals surface area contributed by atoms with Crippen molar-refractivity contribution in [2.24, 2.45) is 5.92 Å². The van der Waals surface area contributed by atoms with Crippen molar-refractivity contribution < 1.29 is 4.79 Å². The van der Waals surface area contributed by atoms with E-state index in [0.29, 0.717) is 23.9 Å². The van der Waals surface area contributed by atoms with Gasteiger partial charge in [0.15, 0.2) is 0 Å². The molecule has 0 aromatic heterocycles. The fourth-order valence-electron chi connectivity index (χ4n) is 3.53. The Balaban J connectivity index is 0.00000180. The fourth-order valence-corrected chi connectivity index (χ4v) is 3.53. The lowest BCUT2D eigenvalue weighted by Crippen LogP contribution is -2.40. The van der Waals surface area contributed by atoms with Crippen LogP contribution in [-0.2, 0) is 4.79 Å². The van der Waals surface area contributed by atoms with Crippen LogP contribution in [0, 0.1) is 5.92 Å². The summed E-state index contributed by atoms with van der Waals surface area (Å²) in [5, 5.41) is 3.65. The van der Waals surface area contributed by atoms with E-state index in [4.69, 9.17) is 0 Å². The molecule has 0 spiro atoms. The van der Waals surface area contributed by atoms with E-state index in [2.05, 4.69) is 19.2 Å². The molecular formula is C15H29ClN2O. The zero-order valence-corrected chi connectivity index (χ0v) is 13.2. The summed E-state index contributed by atoms with van der Waals surface area (Å²) in [4.78, 5) is 14.3. The van der Waals surface area contributed by atoms with Crippen molar-refractivity contribution in [3.05, 3.63) is 0 Å². The summed E-state index contributed by atoms with van der Waals surface area (Å²) in [5.41, 5.74) is 0. The Morgan fingerprint density at radius 2 is 1.84 bits per heavy atom. The molecule has 0 radical (unpaired) electrons. The molecule has 2 unspecified atom stereocenters. The van der Waals surface area contributed by atoms with Crippen LogP contribution < -0.4 is 5.32 Å². The van der Waals surface area contributed by atoms with E-state index >= 15 is 0 Å². The molecule has 4 heteroatoms. The molecule has 3 nitrogen and oxygen atoms in total. The largest absolute Gasteiger partial charge is 0.343 e. The van der Waals surface area contributed by atoms with Gasteiger partial charge in [0.2, 0.25) is 5.91 Å². The summed E-state index contributed by atoms with van der Waals surface area (Å²) in [5.74, 6) is 1.02. The van der Waals surface area contributed by atoms with Gasteiger partial charge >= 0.3 is 0 Å². The van der Waals surface area contributed by atoms with E-state index in [9.17, 15) is 4.79 Å². The predicted molar refractivity (Wildman–Crippen MR) is 81.7 cm³/mol. The number of carbonyl (C=O) groups excluding carboxylic acids is 1. The lowest BCUT2D eigenvalue weighted by molar-refractivity contribution is -0.132. The van der Waals surface area contributed by atoms with Crippen LogP contribution >= 0.6 is 12.4 Å². The van der Waals surface area contributed by atoms with E-state index in [0.717, 1.165) is 25.9 Å². The second-order valence-corrected chi connectivity index (χ2v) is 6.01. The molecule has 0 aliphatic carbocycles. The minimum atomic E-state index is 0. The maximum Gasteiger partial charge on any atom is 0.222 e. The van der Waals surface area contributed by atoms with Crippen LogP contribution in [-0.4, -0.2) is 36.0 Å². The van der Waals surface area contributed by atoms with Crippen molar-refractivity contribution in [3.63, 3.8) is 0 Å². The number of fused-ring (bicyclic) bond motifs is 2. The lowest BCUT2D eigenvalue weighted by Gasteiger charge is -2.30. The van der Waals surface area contributed by atoms with Crippen molar-refractivity contribution in [1.82, 2.24) is 10.2 Å². The average molecular weight is 289 g/mol. The Kier molecular flexibility index (Phi) is 7.16. The third-order valence-corrected chi connectivity index (χ3v) is 4.55. The Morgan fingerprint density at radius 1 is 1.21 bits per heavy atom. The number of unbranched alkanes of at least 4 members (excludes halogenated alkanes) is 1. The number of carbonyl (C=O) groups is 1. The van der Waals surface area contributed by atoms with Crippen LogP contribution in [0.2, 0.25) is 0 Å². The van der Waals surface area contributed by atoms with Gasteiger partial charge in [-0.3, -0.25) is 4.79 Å². The average Bonchev–Trinajstić information content (AvgIpc) is 2.70. The molecule has 0 aromatic rings. The van der Waals surface area contributed by atoms with Crippen LogP contribution in [0.25, 0.3) is 0 Å². The van der Waals surface area contributed by atoms with Crippen molar-refractivity contribution in [2.75, 3.05) is 13.1 Å². The Labute approximate surface area is 123 Å². The predicted octanol–water partition coefficient (Wildman–Crippen LogP) is 2.98. The SMILES string of the molecule is CCCCN(CC)C(=O)CC1CC2CCC(C1)N2.Cl. The fraction of sp³-hybridized carbons (Fsp3) is 0.933. The van der Waals surface area contributed by atoms with Crippen molar-refractivity contribution in [1.29, 1.82) is 0 Å². The Bertz CT molecular complexity index is 273. The molecular weight excluding hydrogens is 260 g/mol. The maximum atomic E-state index is 12.3. The summed E-state index contributed by atoms with van der Waals surface area (Å²) in [6, 6.07) is 1.40. The van der Waals surface area contributed by atoms with E-state index in [1.807, 2.05) is 4.90 Å². The highest BCUT2D eigenvalue weighted by molar-refractivity contribution is 5.85. The summed E-state index contributed by atoms with van der Waals surface area (Å²) < 4.78 is 0. The number of piperidine rings is 1. The number of hydrogen-bond acceptors (Lipinski definition) is 2. The smallest absolute Gasteiger partial charge is 0.222 e. The molecule has 19 heavy (non-hydrogen) atoms. The number of nitrogens with zero attached hydrogens (tertiary/aromatic N) is 1. The van der Waals surface area contributed by atoms with Gasteiger partial charge in [0.1, 0.15) is 0 Å². The third-order valence-electron chi connectivity index (χ3n) is 4.55. The first-order valence-corrected chi connectivity index (χ1v) is 7.76. The second-order valence-electron chi connectivity index (χ2n) is 6.01. The molecule has 0 aromatic carbocycles. The van der Waals surface area contributed by atoms with E-state index < -0.39 is 0 Å². The summed E-state index contributed by atoms with van der Waals surface area (Å²) in [6.45, 7) is 6.10. The van der Waals surface area contributed by atoms with E-state index in [1.54, 1.807) is 0 Å². The molecule has 1 N–H and O–H groups in total. The zero-order valence-electron chi connectivity index (χ0n) is 12.4. The molecule has 2 bridgehead atoms. The zero-order chi connectivity index (χ0) is 13.0. The molecule has 2 fully saturated rings. The highest BCUT2D eigenvalue weighted by Crippen LogP contribution is 2.32. The van der Waals surface area contributed by atoms with Crippen LogP contribution in [0.4, 0.5) is 0 Å². The molecule has 2 rings (SSSR count). The topological polar surface area (TPSA) is 32.3 Å². The Morgan fingerprint density at radius 3 is 2.37 bits per heavy atom. The first-order chi connectivity index (χ1) is 8.72. The van der Waals surface area contributed by atoms with Gasteiger partial charge in [-0.15, -0.1) is 12.4 Å². The second kappa shape index (κ2) is 8.11. The van der Waals surface area contributed by atoms with Gasteiger partial charge < -0.3 is 10.2 Å². The van der Waals surface area contributed by atoms with Crippen LogP contribution in [0.15, 0.2) is 0 Å². The number of rotatable bonds is 6. The Hall–Kier alpha value is -0.280. The van der Waals surface area contributed by atoms with Gasteiger partial charge in [-0.2, -0.15) is 0 Å². The summed E-state index contributed by atoms with van der Waals surface area (Å²) in [6.07, 6.45) is 8.16. The molecule has 112 valence electrons. The van der Waals surface area contributed by atoms with Gasteiger partial charge in [-0.25, -0.2) is 0 Å². The van der Waals surface area contributed by atoms with Crippen LogP contribution in [0.1, 0.15) is 58.8 Å². The first kappa shape index (κ1) is 16.8. The summed E-state index contributed by atoms with van der Waals surface area (Å²) >= 11 is 0. The molecule has 2 atom stereocenters. The molecule has 2 aliphatic heterocycles. The first-order valence-electron chi connectivity index (χ1n) is 7.76. The lowest BCUT2D eigenvalue weighted by atomic mass is 9.89. The summed E-state index contributed by atoms with van der Waals surface area (Å²) in [7, 11) is 0. The van der Waals surface area contributed by atoms with Crippen molar-refractivity contribution in [3.8, 4) is 0 Å². The van der Waals surface area contributed by atoms with Gasteiger partial charge in [0.05, 0.1) is 0 Å². The minimum absolute atomic E-state index is 0. The molecule has 0 saturated carbocycles. The van der Waals surface area contributed by atoms with Crippen molar-refractivity contribution >= 4 is 18.3 Å². The monoisotopic (exact) mass is 288 g/mol. The maximum absolute atomic E-state index is 12.3. The standard InChI is InChI=1S/C15H28N2O.ClH/c1-3-5-8-17(4-2)15(18)11-12-9-13-6-7-14(10-12)16-13;/h12-14,16H,3-11H2,1-2H3;1H. The molecule has 2 heterocycles. The third kappa shape index (κ3) is 4.64. The normalized spacial score (nSPS) is 28.8. The number of nitrogens with one attached hydrogen (secondary N) is 1. The van der Waals surface area contributed by atoms with Gasteiger partial charge in [0, 0.05) is 31.6 Å². The van der Waals surface area contributed by atoms with E-state index in [-0.39, 0.29) is 12.4 Å². The van der Waals surface area contributed by atoms with Gasteiger partial charge in [-0.1, -0.05) is 13.3 Å². The van der Waals surface area contributed by atoms with Crippen molar-refractivity contribution in [2.45, 2.75) is 70.9 Å². The minimum Gasteiger partial charge on any atom is -0.343 e. The van der Waals surface area contributed by atoms with Crippen LogP contribution in [0.5, 0.6) is 0 Å². The van der Waals surface area contributed by atoms with Gasteiger partial charge in [-0.05, 0) is 44.9 Å². The van der Waals surface area contributed by atoms with Crippen LogP contribution in [0.3, 0.4) is 0 Å². The molecule has 2 saturated heterocycles. The van der Waals surface area contributed by atoms with E-state index in [1.165, 1.54) is 32.1 Å². The highest BCUT2D eigenvalue weighted by Gasteiger charge is 2.34. The molecule has 2 aliphatic rings. The number of amides is 1.